The van der Waals surface area contributed by atoms with Gasteiger partial charge in [0.1, 0.15) is 0 Å². The quantitative estimate of drug-likeness (QED) is 0.808. The third-order valence-electron chi connectivity index (χ3n) is 5.06. The van der Waals surface area contributed by atoms with E-state index in [9.17, 15) is 4.79 Å². The van der Waals surface area contributed by atoms with Gasteiger partial charge in [-0.05, 0) is 43.9 Å². The fourth-order valence-electron chi connectivity index (χ4n) is 3.20. The summed E-state index contributed by atoms with van der Waals surface area (Å²) >= 11 is 0. The first-order chi connectivity index (χ1) is 12.7. The van der Waals surface area contributed by atoms with Gasteiger partial charge in [-0.1, -0.05) is 38.3 Å². The van der Waals surface area contributed by atoms with Crippen molar-refractivity contribution in [3.05, 3.63) is 42.2 Å². The van der Waals surface area contributed by atoms with Crippen molar-refractivity contribution in [1.29, 1.82) is 0 Å². The molecule has 0 saturated heterocycles. The number of hydrogen-bond donors (Lipinski definition) is 2. The number of benzene rings is 1. The van der Waals surface area contributed by atoms with E-state index in [1.807, 2.05) is 43.6 Å². The van der Waals surface area contributed by atoms with Crippen LogP contribution in [-0.4, -0.2) is 28.0 Å². The molecule has 0 unspecified atom stereocenters. The van der Waals surface area contributed by atoms with Gasteiger partial charge in [-0.25, -0.2) is 9.97 Å². The minimum absolute atomic E-state index is 0.0332. The summed E-state index contributed by atoms with van der Waals surface area (Å²) in [6.07, 6.45) is 10.9. The molecule has 1 aliphatic rings. The average molecular weight is 352 g/mol. The van der Waals surface area contributed by atoms with E-state index in [0.29, 0.717) is 17.6 Å². The van der Waals surface area contributed by atoms with Crippen LogP contribution in [0.2, 0.25) is 0 Å². The van der Waals surface area contributed by atoms with Crippen molar-refractivity contribution >= 4 is 11.9 Å². The van der Waals surface area contributed by atoms with Crippen LogP contribution >= 0.6 is 0 Å². The molecule has 1 fully saturated rings. The first-order valence-electron chi connectivity index (χ1n) is 9.65. The first kappa shape index (κ1) is 18.4. The number of rotatable bonds is 6. The smallest absolute Gasteiger partial charge is 0.251 e. The lowest BCUT2D eigenvalue weighted by molar-refractivity contribution is 0.0939. The Morgan fingerprint density at radius 1 is 1.08 bits per heavy atom. The maximum Gasteiger partial charge on any atom is 0.251 e. The van der Waals surface area contributed by atoms with Crippen LogP contribution in [0.3, 0.4) is 0 Å². The summed E-state index contributed by atoms with van der Waals surface area (Å²) in [5.74, 6) is 0.666. The molecule has 1 aromatic carbocycles. The Labute approximate surface area is 155 Å². The van der Waals surface area contributed by atoms with Crippen LogP contribution in [0.5, 0.6) is 0 Å². The number of hydrogen-bond acceptors (Lipinski definition) is 4. The fourth-order valence-corrected chi connectivity index (χ4v) is 3.20. The highest BCUT2D eigenvalue weighted by atomic mass is 16.1. The minimum Gasteiger partial charge on any atom is -0.351 e. The molecular weight excluding hydrogens is 324 g/mol. The summed E-state index contributed by atoms with van der Waals surface area (Å²) in [7, 11) is 0. The van der Waals surface area contributed by atoms with Crippen molar-refractivity contribution in [2.45, 2.75) is 64.5 Å². The van der Waals surface area contributed by atoms with Crippen LogP contribution < -0.4 is 10.6 Å². The van der Waals surface area contributed by atoms with E-state index >= 15 is 0 Å². The number of anilines is 1. The Kier molecular flexibility index (Phi) is 6.21. The molecule has 0 spiro atoms. The Morgan fingerprint density at radius 2 is 1.73 bits per heavy atom. The molecule has 1 aliphatic carbocycles. The predicted octanol–water partition coefficient (Wildman–Crippen LogP) is 4.42. The lowest BCUT2D eigenvalue weighted by atomic mass is 9.96. The summed E-state index contributed by atoms with van der Waals surface area (Å²) in [4.78, 5) is 21.1. The van der Waals surface area contributed by atoms with Gasteiger partial charge in [-0.15, -0.1) is 0 Å². The Hall–Kier alpha value is -2.43. The molecule has 0 aliphatic heterocycles. The normalized spacial score (nSPS) is 16.1. The van der Waals surface area contributed by atoms with Gasteiger partial charge in [-0.2, -0.15) is 0 Å². The molecular formula is C21H28N4O. The molecule has 1 saturated carbocycles. The molecule has 0 radical (unpaired) electrons. The number of carbonyl (C=O) groups excluding carboxylic acids is 1. The molecule has 5 nitrogen and oxygen atoms in total. The Bertz CT molecular complexity index is 706. The average Bonchev–Trinajstić information content (AvgIpc) is 2.69. The zero-order chi connectivity index (χ0) is 18.4. The molecule has 26 heavy (non-hydrogen) atoms. The zero-order valence-electron chi connectivity index (χ0n) is 15.7. The molecule has 1 heterocycles. The topological polar surface area (TPSA) is 66.9 Å². The van der Waals surface area contributed by atoms with Crippen molar-refractivity contribution in [2.75, 3.05) is 5.32 Å². The van der Waals surface area contributed by atoms with Gasteiger partial charge in [0.2, 0.25) is 5.95 Å². The second kappa shape index (κ2) is 8.79. The van der Waals surface area contributed by atoms with Crippen LogP contribution in [-0.2, 0) is 0 Å². The second-order valence-corrected chi connectivity index (χ2v) is 7.13. The van der Waals surface area contributed by atoms with Crippen molar-refractivity contribution in [3.63, 3.8) is 0 Å². The number of nitrogens with one attached hydrogen (secondary N) is 2. The number of amides is 1. The van der Waals surface area contributed by atoms with Gasteiger partial charge < -0.3 is 10.6 Å². The molecule has 2 aromatic rings. The highest BCUT2D eigenvalue weighted by Crippen LogP contribution is 2.22. The van der Waals surface area contributed by atoms with E-state index in [4.69, 9.17) is 0 Å². The van der Waals surface area contributed by atoms with Crippen LogP contribution in [0.15, 0.2) is 36.7 Å². The van der Waals surface area contributed by atoms with E-state index in [-0.39, 0.29) is 11.9 Å². The molecule has 0 bridgehead atoms. The van der Waals surface area contributed by atoms with E-state index in [2.05, 4.69) is 27.5 Å². The van der Waals surface area contributed by atoms with Gasteiger partial charge in [0.25, 0.3) is 5.91 Å². The van der Waals surface area contributed by atoms with E-state index in [1.165, 1.54) is 32.1 Å². The third-order valence-corrected chi connectivity index (χ3v) is 5.06. The van der Waals surface area contributed by atoms with Crippen molar-refractivity contribution < 1.29 is 4.79 Å². The number of aromatic nitrogens is 2. The minimum atomic E-state index is -0.0332. The fraction of sp³-hybridized carbons (Fsp3) is 0.476. The zero-order valence-corrected chi connectivity index (χ0v) is 15.7. The van der Waals surface area contributed by atoms with Gasteiger partial charge >= 0.3 is 0 Å². The monoisotopic (exact) mass is 352 g/mol. The summed E-state index contributed by atoms with van der Waals surface area (Å²) in [5, 5.41) is 6.41. The molecule has 1 aromatic heterocycles. The van der Waals surface area contributed by atoms with E-state index in [1.54, 1.807) is 0 Å². The molecule has 3 rings (SSSR count). The highest BCUT2D eigenvalue weighted by Gasteiger charge is 2.14. The molecule has 138 valence electrons. The van der Waals surface area contributed by atoms with Gasteiger partial charge in [0.15, 0.2) is 0 Å². The van der Waals surface area contributed by atoms with E-state index < -0.39 is 0 Å². The van der Waals surface area contributed by atoms with Gasteiger partial charge in [0.05, 0.1) is 0 Å². The molecule has 1 atom stereocenters. The molecule has 5 heteroatoms. The van der Waals surface area contributed by atoms with Crippen molar-refractivity contribution in [2.24, 2.45) is 0 Å². The van der Waals surface area contributed by atoms with Crippen molar-refractivity contribution in [3.8, 4) is 11.1 Å². The largest absolute Gasteiger partial charge is 0.351 e. The Morgan fingerprint density at radius 3 is 2.35 bits per heavy atom. The van der Waals surface area contributed by atoms with Gasteiger partial charge in [-0.3, -0.25) is 4.79 Å². The lowest BCUT2D eigenvalue weighted by Gasteiger charge is -2.22. The van der Waals surface area contributed by atoms with E-state index in [0.717, 1.165) is 17.5 Å². The van der Waals surface area contributed by atoms with Crippen LogP contribution in [0, 0.1) is 0 Å². The first-order valence-corrected chi connectivity index (χ1v) is 9.65. The number of nitrogens with zero attached hydrogens (tertiary/aromatic N) is 2. The third kappa shape index (κ3) is 4.81. The summed E-state index contributed by atoms with van der Waals surface area (Å²) in [6.45, 7) is 4.06. The maximum atomic E-state index is 12.2. The number of carbonyl (C=O) groups is 1. The van der Waals surface area contributed by atoms with Crippen LogP contribution in [0.1, 0.15) is 62.7 Å². The lowest BCUT2D eigenvalue weighted by Crippen LogP contribution is -2.31. The molecule has 1 amide bonds. The van der Waals surface area contributed by atoms with Gasteiger partial charge in [0, 0.05) is 35.6 Å². The maximum absolute atomic E-state index is 12.2. The summed E-state index contributed by atoms with van der Waals surface area (Å²) in [6, 6.07) is 8.26. The second-order valence-electron chi connectivity index (χ2n) is 7.13. The predicted molar refractivity (Wildman–Crippen MR) is 105 cm³/mol. The van der Waals surface area contributed by atoms with Crippen LogP contribution in [0.25, 0.3) is 11.1 Å². The van der Waals surface area contributed by atoms with Crippen LogP contribution in [0.4, 0.5) is 5.95 Å². The van der Waals surface area contributed by atoms with Crippen molar-refractivity contribution in [1.82, 2.24) is 15.3 Å². The summed E-state index contributed by atoms with van der Waals surface area (Å²) in [5.41, 5.74) is 2.63. The standard InChI is InChI=1S/C21H28N4O/c1-3-15(2)24-20(26)17-11-9-16(10-12-17)18-13-22-21(23-14-18)25-19-7-5-4-6-8-19/h9-15,19H,3-8H2,1-2H3,(H,24,26)(H,22,23,25)/t15-/m0/s1. The molecule has 2 N–H and O–H groups in total. The SMILES string of the molecule is CC[C@H](C)NC(=O)c1ccc(-c2cnc(NC3CCCCC3)nc2)cc1. The Balaban J connectivity index is 1.62. The highest BCUT2D eigenvalue weighted by molar-refractivity contribution is 5.94. The summed E-state index contributed by atoms with van der Waals surface area (Å²) < 4.78 is 0.